The van der Waals surface area contributed by atoms with Crippen LogP contribution >= 0.6 is 47.9 Å². The second kappa shape index (κ2) is 12.2. The fraction of sp³-hybridized carbons (Fsp3) is 0.526. The van der Waals surface area contributed by atoms with E-state index in [1.54, 1.807) is 5.38 Å². The van der Waals surface area contributed by atoms with E-state index in [0.717, 1.165) is 41.8 Å². The lowest BCUT2D eigenvalue weighted by molar-refractivity contribution is -0.893. The van der Waals surface area contributed by atoms with E-state index >= 15 is 0 Å². The summed E-state index contributed by atoms with van der Waals surface area (Å²) in [6, 6.07) is -0.891. The van der Waals surface area contributed by atoms with Crippen molar-refractivity contribution in [3.63, 3.8) is 0 Å². The van der Waals surface area contributed by atoms with Crippen LogP contribution < -0.4 is 16.2 Å². The first-order valence-corrected chi connectivity index (χ1v) is 12.0. The number of hydrogen-bond acceptors (Lipinski definition) is 10. The molecule has 2 saturated heterocycles. The number of likely N-dealkylation sites (N-methyl/N-ethyl adjacent to an activating group) is 1. The molecule has 196 valence electrons. The summed E-state index contributed by atoms with van der Waals surface area (Å²) in [7, 11) is 3.39. The molecule has 0 bridgehead atoms. The standard InChI is InChI=1S/C19H24N6O5S2.2ClH.H2O/c1-25(5-3-4-6-25)7-10-8-31-17-13(16(27)24(17)14(10)18(28)29)22-15(26)12(23-30-2)11-9-32-19(20)21-11;;;/h9,13,17H,3-8H2,1-2H3,(H3-,20,21,22,26,28,29);2*1H;1H2/b23-12-;;;/t13-,17-;;;/m1.../s1. The van der Waals surface area contributed by atoms with E-state index in [4.69, 9.17) is 10.6 Å². The van der Waals surface area contributed by atoms with Gasteiger partial charge in [0.15, 0.2) is 10.8 Å². The lowest BCUT2D eigenvalue weighted by Gasteiger charge is -2.51. The van der Waals surface area contributed by atoms with Gasteiger partial charge in [-0.25, -0.2) is 4.98 Å². The Morgan fingerprint density at radius 2 is 2.03 bits per heavy atom. The van der Waals surface area contributed by atoms with Gasteiger partial charge in [-0.05, 0) is 0 Å². The van der Waals surface area contributed by atoms with Gasteiger partial charge in [0.05, 0.1) is 31.8 Å². The number of halogens is 2. The molecule has 12 nitrogen and oxygen atoms in total. The zero-order valence-corrected chi connectivity index (χ0v) is 22.3. The van der Waals surface area contributed by atoms with Crippen molar-refractivity contribution < 1.29 is 34.3 Å². The molecule has 3 aliphatic rings. The van der Waals surface area contributed by atoms with Gasteiger partial charge in [-0.1, -0.05) is 5.16 Å². The Morgan fingerprint density at radius 3 is 2.57 bits per heavy atom. The Labute approximate surface area is 222 Å². The molecule has 4 rings (SSSR count). The Bertz CT molecular complexity index is 1030. The number of thiazole rings is 1. The molecule has 16 heteroatoms. The molecule has 0 spiro atoms. The smallest absolute Gasteiger partial charge is 0.276 e. The van der Waals surface area contributed by atoms with Crippen LogP contribution in [0.2, 0.25) is 0 Å². The lowest BCUT2D eigenvalue weighted by atomic mass is 10.0. The summed E-state index contributed by atoms with van der Waals surface area (Å²) >= 11 is 2.57. The number of quaternary nitrogens is 1. The third-order valence-electron chi connectivity index (χ3n) is 5.91. The first kappa shape index (κ1) is 30.9. The Kier molecular flexibility index (Phi) is 10.8. The van der Waals surface area contributed by atoms with Crippen molar-refractivity contribution in [1.29, 1.82) is 0 Å². The monoisotopic (exact) mass is 570 g/mol. The number of likely N-dealkylation sites (tertiary alicyclic amines) is 1. The van der Waals surface area contributed by atoms with E-state index in [9.17, 15) is 19.5 Å². The predicted molar refractivity (Wildman–Crippen MR) is 135 cm³/mol. The van der Waals surface area contributed by atoms with E-state index in [1.165, 1.54) is 23.8 Å². The zero-order valence-electron chi connectivity index (χ0n) is 19.0. The number of carboxylic acids is 1. The highest BCUT2D eigenvalue weighted by Gasteiger charge is 2.53. The maximum atomic E-state index is 12.9. The van der Waals surface area contributed by atoms with Crippen LogP contribution in [-0.4, -0.2) is 94.3 Å². The number of amides is 2. The van der Waals surface area contributed by atoms with Crippen molar-refractivity contribution in [3.05, 3.63) is 22.3 Å². The summed E-state index contributed by atoms with van der Waals surface area (Å²) in [5, 5.41) is 19.6. The quantitative estimate of drug-likeness (QED) is 0.176. The van der Waals surface area contributed by atoms with E-state index < -0.39 is 29.2 Å². The minimum Gasteiger partial charge on any atom is -0.543 e. The van der Waals surface area contributed by atoms with Gasteiger partial charge < -0.3 is 35.7 Å². The number of thioether (sulfide) groups is 1. The van der Waals surface area contributed by atoms with E-state index in [0.29, 0.717) is 17.9 Å². The molecular formula is C19H28Cl2N6O6S2. The van der Waals surface area contributed by atoms with Gasteiger partial charge in [-0.15, -0.1) is 47.9 Å². The number of anilines is 1. The minimum atomic E-state index is -1.37. The van der Waals surface area contributed by atoms with E-state index in [2.05, 4.69) is 22.5 Å². The summed E-state index contributed by atoms with van der Waals surface area (Å²) in [5.41, 5.74) is 6.39. The van der Waals surface area contributed by atoms with Crippen LogP contribution in [0, 0.1) is 0 Å². The maximum Gasteiger partial charge on any atom is 0.276 e. The van der Waals surface area contributed by atoms with Crippen LogP contribution in [0.5, 0.6) is 0 Å². The van der Waals surface area contributed by atoms with E-state index in [-0.39, 0.29) is 52.5 Å². The number of hydrogen-bond donors (Lipinski definition) is 2. The largest absolute Gasteiger partial charge is 0.543 e. The number of carbonyl (C=O) groups excluding carboxylic acids is 3. The fourth-order valence-corrected chi connectivity index (χ4v) is 6.30. The van der Waals surface area contributed by atoms with Crippen molar-refractivity contribution in [2.45, 2.75) is 24.3 Å². The SMILES string of the molecule is CO/N=C(\C(=O)N[C@@H]1C(=O)N2C(C(=O)[O-])=C(C[N+]3(C)CCCC3)CS[C@H]12)c1csc(N)n1.Cl.Cl.O. The number of carboxylic acid groups (broad SMARTS) is 1. The minimum absolute atomic E-state index is 0. The number of rotatable bonds is 7. The van der Waals surface area contributed by atoms with Crippen LogP contribution in [0.15, 0.2) is 21.8 Å². The molecular weight excluding hydrogens is 543 g/mol. The number of aromatic nitrogens is 1. The second-order valence-electron chi connectivity index (χ2n) is 8.23. The van der Waals surface area contributed by atoms with Gasteiger partial charge in [0.25, 0.3) is 11.8 Å². The Hall–Kier alpha value is -2.10. The van der Waals surface area contributed by atoms with Gasteiger partial charge >= 0.3 is 0 Å². The van der Waals surface area contributed by atoms with Gasteiger partial charge in [0.2, 0.25) is 0 Å². The third-order valence-corrected chi connectivity index (χ3v) is 7.92. The molecule has 1 aromatic rings. The van der Waals surface area contributed by atoms with Gasteiger partial charge in [0.1, 0.15) is 30.8 Å². The van der Waals surface area contributed by atoms with Crippen LogP contribution in [-0.2, 0) is 19.2 Å². The Morgan fingerprint density at radius 1 is 1.37 bits per heavy atom. The molecule has 3 aliphatic heterocycles. The second-order valence-corrected chi connectivity index (χ2v) is 10.2. The van der Waals surface area contributed by atoms with Crippen LogP contribution in [0.3, 0.4) is 0 Å². The number of β-lactam (4-membered cyclic amide) rings is 1. The topological polar surface area (TPSA) is 182 Å². The van der Waals surface area contributed by atoms with Crippen molar-refractivity contribution >= 4 is 76.5 Å². The molecule has 2 atom stereocenters. The number of fused-ring (bicyclic) bond motifs is 1. The number of carbonyl (C=O) groups is 3. The van der Waals surface area contributed by atoms with Crippen LogP contribution in [0.4, 0.5) is 5.13 Å². The van der Waals surface area contributed by atoms with Crippen LogP contribution in [0.1, 0.15) is 18.5 Å². The first-order chi connectivity index (χ1) is 15.2. The molecule has 2 fully saturated rings. The van der Waals surface area contributed by atoms with Crippen LogP contribution in [0.25, 0.3) is 0 Å². The lowest BCUT2D eigenvalue weighted by Crippen LogP contribution is -2.71. The number of nitrogens with one attached hydrogen (secondary N) is 1. The van der Waals surface area contributed by atoms with Crippen molar-refractivity contribution in [3.8, 4) is 0 Å². The molecule has 0 radical (unpaired) electrons. The average Bonchev–Trinajstić information content (AvgIpc) is 3.37. The fourth-order valence-electron chi connectivity index (χ4n) is 4.41. The molecule has 5 N–H and O–H groups in total. The summed E-state index contributed by atoms with van der Waals surface area (Å²) in [4.78, 5) is 47.7. The highest BCUT2D eigenvalue weighted by Crippen LogP contribution is 2.41. The first-order valence-electron chi connectivity index (χ1n) is 10.1. The summed E-state index contributed by atoms with van der Waals surface area (Å²) in [6.07, 6.45) is 2.21. The molecule has 0 aliphatic carbocycles. The maximum absolute atomic E-state index is 12.9. The summed E-state index contributed by atoms with van der Waals surface area (Å²) < 4.78 is 0.757. The van der Waals surface area contributed by atoms with Gasteiger partial charge in [0, 0.05) is 29.5 Å². The third kappa shape index (κ3) is 6.01. The Balaban J connectivity index is 0.00000204. The van der Waals surface area contributed by atoms with Crippen molar-refractivity contribution in [2.75, 3.05) is 45.3 Å². The highest BCUT2D eigenvalue weighted by molar-refractivity contribution is 8.00. The summed E-state index contributed by atoms with van der Waals surface area (Å²) in [6.45, 7) is 2.53. The number of nitrogen functional groups attached to an aromatic ring is 1. The molecule has 0 saturated carbocycles. The van der Waals surface area contributed by atoms with Crippen molar-refractivity contribution in [1.82, 2.24) is 15.2 Å². The van der Waals surface area contributed by atoms with E-state index in [1.807, 2.05) is 0 Å². The number of nitrogens with zero attached hydrogens (tertiary/aromatic N) is 4. The predicted octanol–water partition coefficient (Wildman–Crippen LogP) is -1.26. The van der Waals surface area contributed by atoms with Gasteiger partial charge in [-0.2, -0.15) is 0 Å². The molecule has 0 aromatic carbocycles. The molecule has 4 heterocycles. The van der Waals surface area contributed by atoms with Gasteiger partial charge in [-0.3, -0.25) is 14.5 Å². The normalized spacial score (nSPS) is 22.6. The molecule has 2 amide bonds. The highest BCUT2D eigenvalue weighted by atomic mass is 35.5. The average molecular weight is 572 g/mol. The number of oxime groups is 1. The number of aliphatic carboxylic acids is 1. The molecule has 35 heavy (non-hydrogen) atoms. The molecule has 0 unspecified atom stereocenters. The molecule has 1 aromatic heterocycles. The summed E-state index contributed by atoms with van der Waals surface area (Å²) in [5.74, 6) is -2.06. The van der Waals surface area contributed by atoms with Crippen molar-refractivity contribution in [2.24, 2.45) is 5.16 Å². The number of nitrogens with two attached hydrogens (primary N) is 1. The zero-order chi connectivity index (χ0) is 23.0.